The Kier molecular flexibility index (Phi) is 6.13. The van der Waals surface area contributed by atoms with Crippen molar-refractivity contribution in [1.29, 1.82) is 0 Å². The van der Waals surface area contributed by atoms with E-state index >= 15 is 0 Å². The van der Waals surface area contributed by atoms with Crippen LogP contribution >= 0.6 is 0 Å². The number of nitrogens with one attached hydrogen (secondary N) is 1. The minimum absolute atomic E-state index is 0.183. The van der Waals surface area contributed by atoms with Crippen molar-refractivity contribution in [2.45, 2.75) is 25.2 Å². The summed E-state index contributed by atoms with van der Waals surface area (Å²) in [7, 11) is -0.626. The normalized spacial score (nSPS) is 15.8. The molecule has 0 unspecified atom stereocenters. The van der Waals surface area contributed by atoms with Crippen molar-refractivity contribution in [2.75, 3.05) is 40.4 Å². The maximum Gasteiger partial charge on any atom is 0.254 e. The summed E-state index contributed by atoms with van der Waals surface area (Å²) in [5.41, 5.74) is 1.41. The largest absolute Gasteiger partial charge is 0.497 e. The van der Waals surface area contributed by atoms with Crippen molar-refractivity contribution >= 4 is 15.9 Å². The molecule has 1 aliphatic rings. The van der Waals surface area contributed by atoms with Gasteiger partial charge in [-0.25, -0.2) is 8.42 Å². The lowest BCUT2D eigenvalue weighted by Gasteiger charge is -2.22. The van der Waals surface area contributed by atoms with E-state index in [1.54, 1.807) is 36.9 Å². The summed E-state index contributed by atoms with van der Waals surface area (Å²) in [4.78, 5) is 14.9. The first-order valence-electron chi connectivity index (χ1n) is 9.32. The number of ether oxygens (including phenoxy) is 2. The van der Waals surface area contributed by atoms with Crippen molar-refractivity contribution < 1.29 is 22.7 Å². The van der Waals surface area contributed by atoms with Crippen LogP contribution in [0.1, 0.15) is 28.2 Å². The highest BCUT2D eigenvalue weighted by atomic mass is 32.2. The molecule has 1 fully saturated rings. The fourth-order valence-corrected chi connectivity index (χ4v) is 5.30. The van der Waals surface area contributed by atoms with Gasteiger partial charge in [-0.1, -0.05) is 0 Å². The number of aromatic nitrogens is 2. The molecule has 1 aromatic heterocycles. The van der Waals surface area contributed by atoms with Crippen molar-refractivity contribution in [3.63, 3.8) is 0 Å². The van der Waals surface area contributed by atoms with Gasteiger partial charge in [0, 0.05) is 37.8 Å². The zero-order chi connectivity index (χ0) is 21.2. The van der Waals surface area contributed by atoms with Gasteiger partial charge in [0.15, 0.2) is 0 Å². The minimum Gasteiger partial charge on any atom is -0.497 e. The number of rotatable bonds is 5. The molecule has 0 spiro atoms. The van der Waals surface area contributed by atoms with Gasteiger partial charge in [-0.2, -0.15) is 9.40 Å². The number of amides is 1. The SMILES string of the molecule is COc1cc(OC)cc(C(=O)N2CCCN(S(=O)(=O)c3c(C)n[nH]c3C)CC2)c1. The van der Waals surface area contributed by atoms with E-state index in [0.717, 1.165) is 0 Å². The number of benzene rings is 1. The van der Waals surface area contributed by atoms with Gasteiger partial charge in [0.05, 0.1) is 25.6 Å². The zero-order valence-electron chi connectivity index (χ0n) is 17.1. The second-order valence-electron chi connectivity index (χ2n) is 6.91. The Morgan fingerprint density at radius 3 is 2.24 bits per heavy atom. The molecule has 29 heavy (non-hydrogen) atoms. The Morgan fingerprint density at radius 1 is 1.03 bits per heavy atom. The van der Waals surface area contributed by atoms with E-state index in [4.69, 9.17) is 9.47 Å². The maximum absolute atomic E-state index is 13.1. The van der Waals surface area contributed by atoms with E-state index in [2.05, 4.69) is 10.2 Å². The Labute approximate surface area is 170 Å². The van der Waals surface area contributed by atoms with Crippen molar-refractivity contribution in [2.24, 2.45) is 0 Å². The van der Waals surface area contributed by atoms with Crippen molar-refractivity contribution in [3.05, 3.63) is 35.2 Å². The van der Waals surface area contributed by atoms with Crippen LogP contribution in [0.15, 0.2) is 23.1 Å². The van der Waals surface area contributed by atoms with E-state index in [-0.39, 0.29) is 17.3 Å². The number of nitrogens with zero attached hydrogens (tertiary/aromatic N) is 3. The van der Waals surface area contributed by atoms with E-state index < -0.39 is 10.0 Å². The number of sulfonamides is 1. The molecule has 9 nitrogen and oxygen atoms in total. The second kappa shape index (κ2) is 8.42. The predicted octanol–water partition coefficient (Wildman–Crippen LogP) is 1.58. The molecule has 2 heterocycles. The Morgan fingerprint density at radius 2 is 1.69 bits per heavy atom. The lowest BCUT2D eigenvalue weighted by atomic mass is 10.1. The summed E-state index contributed by atoms with van der Waals surface area (Å²) in [6, 6.07) is 5.01. The summed E-state index contributed by atoms with van der Waals surface area (Å²) >= 11 is 0. The average Bonchev–Trinajstić information content (AvgIpc) is 2.91. The van der Waals surface area contributed by atoms with Crippen LogP contribution in [-0.2, 0) is 10.0 Å². The topological polar surface area (TPSA) is 105 Å². The van der Waals surface area contributed by atoms with Gasteiger partial charge in [0.1, 0.15) is 16.4 Å². The molecule has 0 aliphatic carbocycles. The monoisotopic (exact) mass is 422 g/mol. The molecular formula is C19H26N4O5S. The van der Waals surface area contributed by atoms with Crippen molar-refractivity contribution in [3.8, 4) is 11.5 Å². The number of H-pyrrole nitrogens is 1. The molecular weight excluding hydrogens is 396 g/mol. The zero-order valence-corrected chi connectivity index (χ0v) is 17.9. The van der Waals surface area contributed by atoms with Gasteiger partial charge < -0.3 is 14.4 Å². The predicted molar refractivity (Wildman–Crippen MR) is 107 cm³/mol. The highest BCUT2D eigenvalue weighted by Crippen LogP contribution is 2.25. The van der Waals surface area contributed by atoms with Gasteiger partial charge >= 0.3 is 0 Å². The number of methoxy groups -OCH3 is 2. The highest BCUT2D eigenvalue weighted by Gasteiger charge is 2.32. The molecule has 0 atom stereocenters. The lowest BCUT2D eigenvalue weighted by molar-refractivity contribution is 0.0763. The lowest BCUT2D eigenvalue weighted by Crippen LogP contribution is -2.37. The summed E-state index contributed by atoms with van der Waals surface area (Å²) in [6.45, 7) is 4.69. The fraction of sp³-hybridized carbons (Fsp3) is 0.474. The smallest absolute Gasteiger partial charge is 0.254 e. The summed E-state index contributed by atoms with van der Waals surface area (Å²) in [5, 5.41) is 6.72. The molecule has 0 radical (unpaired) electrons. The van der Waals surface area contributed by atoms with Gasteiger partial charge in [0.2, 0.25) is 10.0 Å². The first-order valence-corrected chi connectivity index (χ1v) is 10.8. The number of hydrogen-bond donors (Lipinski definition) is 1. The quantitative estimate of drug-likeness (QED) is 0.784. The number of carbonyl (C=O) groups is 1. The molecule has 158 valence electrons. The molecule has 0 saturated carbocycles. The van der Waals surface area contributed by atoms with Crippen LogP contribution in [0.25, 0.3) is 0 Å². The molecule has 0 bridgehead atoms. The highest BCUT2D eigenvalue weighted by molar-refractivity contribution is 7.89. The van der Waals surface area contributed by atoms with Gasteiger partial charge in [0.25, 0.3) is 5.91 Å². The van der Waals surface area contributed by atoms with E-state index in [0.29, 0.717) is 54.5 Å². The standard InChI is InChI=1S/C19H26N4O5S/c1-13-18(14(2)21-20-13)29(25,26)23-7-5-6-22(8-9-23)19(24)15-10-16(27-3)12-17(11-15)28-4/h10-12H,5-9H2,1-4H3,(H,20,21). The van der Waals surface area contributed by atoms with E-state index in [9.17, 15) is 13.2 Å². The fourth-order valence-electron chi connectivity index (χ4n) is 3.50. The number of aromatic amines is 1. The summed E-state index contributed by atoms with van der Waals surface area (Å²) in [5.74, 6) is 0.868. The third-order valence-corrected chi connectivity index (χ3v) is 7.16. The average molecular weight is 423 g/mol. The molecule has 1 saturated heterocycles. The summed E-state index contributed by atoms with van der Waals surface area (Å²) in [6.07, 6.45) is 0.544. The van der Waals surface area contributed by atoms with Crippen LogP contribution in [0.4, 0.5) is 0 Å². The number of carbonyl (C=O) groups excluding carboxylic acids is 1. The Bertz CT molecular complexity index is 960. The molecule has 1 aromatic carbocycles. The molecule has 1 N–H and O–H groups in total. The third kappa shape index (κ3) is 4.23. The first-order chi connectivity index (χ1) is 13.8. The molecule has 2 aromatic rings. The van der Waals surface area contributed by atoms with Crippen LogP contribution in [-0.4, -0.2) is 74.1 Å². The minimum atomic E-state index is -3.68. The molecule has 1 aliphatic heterocycles. The molecule has 1 amide bonds. The van der Waals surface area contributed by atoms with Gasteiger partial charge in [-0.3, -0.25) is 9.89 Å². The molecule has 10 heteroatoms. The van der Waals surface area contributed by atoms with Crippen LogP contribution in [0.2, 0.25) is 0 Å². The van der Waals surface area contributed by atoms with Crippen molar-refractivity contribution in [1.82, 2.24) is 19.4 Å². The molecule has 3 rings (SSSR count). The van der Waals surface area contributed by atoms with Crippen LogP contribution in [0, 0.1) is 13.8 Å². The van der Waals surface area contributed by atoms with Crippen LogP contribution < -0.4 is 9.47 Å². The maximum atomic E-state index is 13.1. The number of hydrogen-bond acceptors (Lipinski definition) is 6. The second-order valence-corrected chi connectivity index (χ2v) is 8.79. The van der Waals surface area contributed by atoms with E-state index in [1.807, 2.05) is 0 Å². The van der Waals surface area contributed by atoms with E-state index in [1.165, 1.54) is 18.5 Å². The first kappa shape index (κ1) is 21.1. The Hall–Kier alpha value is -2.59. The number of aryl methyl sites for hydroxylation is 2. The Balaban J connectivity index is 1.79. The third-order valence-electron chi connectivity index (χ3n) is 5.00. The summed E-state index contributed by atoms with van der Waals surface area (Å²) < 4.78 is 38.1. The van der Waals surface area contributed by atoms with Crippen LogP contribution in [0.5, 0.6) is 11.5 Å². The van der Waals surface area contributed by atoms with Crippen LogP contribution in [0.3, 0.4) is 0 Å². The van der Waals surface area contributed by atoms with Gasteiger partial charge in [-0.15, -0.1) is 0 Å². The van der Waals surface area contributed by atoms with Gasteiger partial charge in [-0.05, 0) is 32.4 Å².